The number of halogens is 1. The Labute approximate surface area is 183 Å². The highest BCUT2D eigenvalue weighted by atomic mass is 79.9. The predicted octanol–water partition coefficient (Wildman–Crippen LogP) is 4.67. The standard InChI is InChI=1S/C23H21BrN2O4/c1-3-28-23(27)20-14(2)30-22(26)18(12-25)21(20)17-10-9-16(24)11-19(17)29-13-15-7-5-4-6-8-15/h4-11,21H,3,13,26H2,1-2H3. The number of rotatable bonds is 6. The molecule has 0 saturated heterocycles. The molecule has 6 nitrogen and oxygen atoms in total. The number of carbonyl (C=O) groups excluding carboxylic acids is 1. The first-order valence-electron chi connectivity index (χ1n) is 9.37. The van der Waals surface area contributed by atoms with Gasteiger partial charge < -0.3 is 19.9 Å². The molecule has 7 heteroatoms. The number of nitrogens with two attached hydrogens (primary N) is 1. The molecule has 3 rings (SSSR count). The minimum absolute atomic E-state index is 0.0371. The van der Waals surface area contributed by atoms with Gasteiger partial charge in [-0.1, -0.05) is 52.3 Å². The van der Waals surface area contributed by atoms with Crippen molar-refractivity contribution >= 4 is 21.9 Å². The number of hydrogen-bond acceptors (Lipinski definition) is 6. The van der Waals surface area contributed by atoms with Gasteiger partial charge in [-0.05, 0) is 31.5 Å². The second-order valence-electron chi connectivity index (χ2n) is 6.57. The number of ether oxygens (including phenoxy) is 3. The summed E-state index contributed by atoms with van der Waals surface area (Å²) in [7, 11) is 0. The molecule has 0 spiro atoms. The van der Waals surface area contributed by atoms with Crippen LogP contribution in [-0.2, 0) is 20.9 Å². The fraction of sp³-hybridized carbons (Fsp3) is 0.217. The highest BCUT2D eigenvalue weighted by molar-refractivity contribution is 9.10. The monoisotopic (exact) mass is 468 g/mol. The number of benzene rings is 2. The minimum Gasteiger partial charge on any atom is -0.489 e. The summed E-state index contributed by atoms with van der Waals surface area (Å²) >= 11 is 3.46. The Kier molecular flexibility index (Phi) is 6.80. The topological polar surface area (TPSA) is 94.6 Å². The molecular weight excluding hydrogens is 448 g/mol. The molecule has 1 atom stereocenters. The molecule has 0 aliphatic carbocycles. The van der Waals surface area contributed by atoms with E-state index in [2.05, 4.69) is 22.0 Å². The quantitative estimate of drug-likeness (QED) is 0.618. The molecule has 154 valence electrons. The van der Waals surface area contributed by atoms with Crippen LogP contribution >= 0.6 is 15.9 Å². The summed E-state index contributed by atoms with van der Waals surface area (Å²) in [6.07, 6.45) is 0. The summed E-state index contributed by atoms with van der Waals surface area (Å²) in [6, 6.07) is 17.2. The maximum Gasteiger partial charge on any atom is 0.338 e. The van der Waals surface area contributed by atoms with E-state index in [9.17, 15) is 10.1 Å². The fourth-order valence-electron chi connectivity index (χ4n) is 3.27. The molecule has 1 aliphatic rings. The Morgan fingerprint density at radius 3 is 2.67 bits per heavy atom. The predicted molar refractivity (Wildman–Crippen MR) is 115 cm³/mol. The summed E-state index contributed by atoms with van der Waals surface area (Å²) < 4.78 is 17.6. The van der Waals surface area contributed by atoms with Gasteiger partial charge in [0, 0.05) is 10.0 Å². The molecule has 1 aliphatic heterocycles. The van der Waals surface area contributed by atoms with Gasteiger partial charge in [0.1, 0.15) is 29.8 Å². The second kappa shape index (κ2) is 9.51. The Hall–Kier alpha value is -3.24. The van der Waals surface area contributed by atoms with Crippen molar-refractivity contribution < 1.29 is 19.0 Å². The highest BCUT2D eigenvalue weighted by Crippen LogP contribution is 2.43. The molecule has 0 radical (unpaired) electrons. The zero-order chi connectivity index (χ0) is 21.7. The van der Waals surface area contributed by atoms with Crippen LogP contribution in [0, 0.1) is 11.3 Å². The number of nitriles is 1. The van der Waals surface area contributed by atoms with E-state index in [4.69, 9.17) is 19.9 Å². The van der Waals surface area contributed by atoms with Crippen LogP contribution in [0.4, 0.5) is 0 Å². The number of carbonyl (C=O) groups is 1. The van der Waals surface area contributed by atoms with Crippen molar-refractivity contribution in [1.29, 1.82) is 5.26 Å². The van der Waals surface area contributed by atoms with Crippen LogP contribution in [0.25, 0.3) is 0 Å². The first-order valence-corrected chi connectivity index (χ1v) is 10.2. The Morgan fingerprint density at radius 2 is 2.00 bits per heavy atom. The van der Waals surface area contributed by atoms with E-state index in [0.29, 0.717) is 23.7 Å². The summed E-state index contributed by atoms with van der Waals surface area (Å²) in [6.45, 7) is 3.87. The van der Waals surface area contributed by atoms with Crippen molar-refractivity contribution in [1.82, 2.24) is 0 Å². The van der Waals surface area contributed by atoms with Crippen LogP contribution in [0.3, 0.4) is 0 Å². The van der Waals surface area contributed by atoms with E-state index >= 15 is 0 Å². The molecule has 1 heterocycles. The third-order valence-electron chi connectivity index (χ3n) is 4.62. The summed E-state index contributed by atoms with van der Waals surface area (Å²) in [5.74, 6) is -0.536. The van der Waals surface area contributed by atoms with E-state index in [1.807, 2.05) is 36.4 Å². The van der Waals surface area contributed by atoms with Crippen molar-refractivity contribution in [3.8, 4) is 11.8 Å². The van der Waals surface area contributed by atoms with Crippen LogP contribution < -0.4 is 10.5 Å². The molecule has 1 unspecified atom stereocenters. The number of esters is 1. The van der Waals surface area contributed by atoms with E-state index in [0.717, 1.165) is 10.0 Å². The third-order valence-corrected chi connectivity index (χ3v) is 5.12. The molecule has 2 N–H and O–H groups in total. The van der Waals surface area contributed by atoms with E-state index < -0.39 is 11.9 Å². The Morgan fingerprint density at radius 1 is 1.27 bits per heavy atom. The summed E-state index contributed by atoms with van der Waals surface area (Å²) in [5, 5.41) is 9.77. The van der Waals surface area contributed by atoms with E-state index in [1.54, 1.807) is 26.0 Å². The van der Waals surface area contributed by atoms with Crippen LogP contribution in [0.15, 0.2) is 75.8 Å². The Balaban J connectivity index is 2.09. The van der Waals surface area contributed by atoms with Gasteiger partial charge in [0.25, 0.3) is 0 Å². The van der Waals surface area contributed by atoms with Gasteiger partial charge in [-0.25, -0.2) is 4.79 Å². The molecular formula is C23H21BrN2O4. The van der Waals surface area contributed by atoms with Gasteiger partial charge in [0.05, 0.1) is 18.1 Å². The summed E-state index contributed by atoms with van der Waals surface area (Å²) in [4.78, 5) is 12.7. The summed E-state index contributed by atoms with van der Waals surface area (Å²) in [5.41, 5.74) is 7.97. The normalized spacial score (nSPS) is 16.0. The lowest BCUT2D eigenvalue weighted by Gasteiger charge is -2.28. The van der Waals surface area contributed by atoms with E-state index in [1.165, 1.54) is 0 Å². The van der Waals surface area contributed by atoms with Gasteiger partial charge in [-0.2, -0.15) is 5.26 Å². The smallest absolute Gasteiger partial charge is 0.338 e. The zero-order valence-corrected chi connectivity index (χ0v) is 18.2. The molecule has 30 heavy (non-hydrogen) atoms. The van der Waals surface area contributed by atoms with Crippen molar-refractivity contribution in [2.24, 2.45) is 5.73 Å². The first-order chi connectivity index (χ1) is 14.5. The lowest BCUT2D eigenvalue weighted by atomic mass is 9.82. The van der Waals surface area contributed by atoms with Crippen molar-refractivity contribution in [2.75, 3.05) is 6.61 Å². The molecule has 2 aromatic carbocycles. The van der Waals surface area contributed by atoms with Gasteiger partial charge in [-0.15, -0.1) is 0 Å². The van der Waals surface area contributed by atoms with Gasteiger partial charge in [0.2, 0.25) is 5.88 Å². The average Bonchev–Trinajstić information content (AvgIpc) is 2.73. The van der Waals surface area contributed by atoms with Crippen molar-refractivity contribution in [2.45, 2.75) is 26.4 Å². The lowest BCUT2D eigenvalue weighted by Crippen LogP contribution is -2.26. The highest BCUT2D eigenvalue weighted by Gasteiger charge is 2.37. The maximum atomic E-state index is 12.7. The molecule has 0 bridgehead atoms. The molecule has 0 saturated carbocycles. The zero-order valence-electron chi connectivity index (χ0n) is 16.6. The van der Waals surface area contributed by atoms with Gasteiger partial charge in [-0.3, -0.25) is 0 Å². The largest absolute Gasteiger partial charge is 0.489 e. The van der Waals surface area contributed by atoms with Gasteiger partial charge in [0.15, 0.2) is 0 Å². The lowest BCUT2D eigenvalue weighted by molar-refractivity contribution is -0.139. The van der Waals surface area contributed by atoms with Gasteiger partial charge >= 0.3 is 5.97 Å². The van der Waals surface area contributed by atoms with Crippen molar-refractivity contribution in [3.05, 3.63) is 86.9 Å². The molecule has 2 aromatic rings. The second-order valence-corrected chi connectivity index (χ2v) is 7.49. The number of nitrogens with zero attached hydrogens (tertiary/aromatic N) is 1. The number of hydrogen-bond donors (Lipinski definition) is 1. The van der Waals surface area contributed by atoms with Crippen molar-refractivity contribution in [3.63, 3.8) is 0 Å². The van der Waals surface area contributed by atoms with Crippen LogP contribution in [0.5, 0.6) is 5.75 Å². The maximum absolute atomic E-state index is 12.7. The third kappa shape index (κ3) is 4.50. The minimum atomic E-state index is -0.762. The van der Waals surface area contributed by atoms with E-state index in [-0.39, 0.29) is 23.6 Å². The van der Waals surface area contributed by atoms with Crippen LogP contribution in [0.2, 0.25) is 0 Å². The van der Waals surface area contributed by atoms with Crippen LogP contribution in [-0.4, -0.2) is 12.6 Å². The number of allylic oxidation sites excluding steroid dienone is 2. The average molecular weight is 469 g/mol. The first kappa shape index (κ1) is 21.5. The fourth-order valence-corrected chi connectivity index (χ4v) is 3.61. The molecule has 0 amide bonds. The Bertz CT molecular complexity index is 1050. The molecule has 0 fully saturated rings. The molecule has 0 aromatic heterocycles. The van der Waals surface area contributed by atoms with Crippen LogP contribution in [0.1, 0.15) is 30.9 Å². The SMILES string of the molecule is CCOC(=O)C1=C(C)OC(N)=C(C#N)C1c1ccc(Br)cc1OCc1ccccc1.